The van der Waals surface area contributed by atoms with Crippen molar-refractivity contribution in [1.29, 1.82) is 0 Å². The van der Waals surface area contributed by atoms with Crippen molar-refractivity contribution in [2.75, 3.05) is 30.4 Å². The average molecular weight is 278 g/mol. The van der Waals surface area contributed by atoms with E-state index in [4.69, 9.17) is 0 Å². The first kappa shape index (κ1) is 15.0. The SMILES string of the molecule is CCCc1c(NC)ncnc1N1CCCCC1CCO. The Morgan fingerprint density at radius 1 is 1.40 bits per heavy atom. The first-order valence-corrected chi connectivity index (χ1v) is 7.71. The van der Waals surface area contributed by atoms with Crippen LogP contribution in [-0.4, -0.2) is 41.3 Å². The fourth-order valence-electron chi connectivity index (χ4n) is 3.07. The normalized spacial score (nSPS) is 19.1. The number of nitrogens with one attached hydrogen (secondary N) is 1. The van der Waals surface area contributed by atoms with Gasteiger partial charge in [-0.2, -0.15) is 0 Å². The second-order valence-corrected chi connectivity index (χ2v) is 5.38. The maximum atomic E-state index is 9.28. The molecule has 112 valence electrons. The van der Waals surface area contributed by atoms with Crippen LogP contribution >= 0.6 is 0 Å². The highest BCUT2D eigenvalue weighted by Crippen LogP contribution is 2.30. The Labute approximate surface area is 121 Å². The maximum absolute atomic E-state index is 9.28. The van der Waals surface area contributed by atoms with E-state index in [0.29, 0.717) is 6.04 Å². The number of anilines is 2. The van der Waals surface area contributed by atoms with Crippen molar-refractivity contribution in [1.82, 2.24) is 9.97 Å². The van der Waals surface area contributed by atoms with Gasteiger partial charge in [-0.05, 0) is 32.1 Å². The summed E-state index contributed by atoms with van der Waals surface area (Å²) >= 11 is 0. The number of aliphatic hydroxyl groups excluding tert-OH is 1. The third-order valence-electron chi connectivity index (χ3n) is 4.02. The lowest BCUT2D eigenvalue weighted by molar-refractivity contribution is 0.262. The van der Waals surface area contributed by atoms with Crippen LogP contribution in [-0.2, 0) is 6.42 Å². The molecule has 1 aromatic heterocycles. The van der Waals surface area contributed by atoms with E-state index in [0.717, 1.165) is 43.9 Å². The Morgan fingerprint density at radius 3 is 2.95 bits per heavy atom. The van der Waals surface area contributed by atoms with Gasteiger partial charge < -0.3 is 15.3 Å². The molecule has 0 radical (unpaired) electrons. The molecule has 20 heavy (non-hydrogen) atoms. The first-order valence-electron chi connectivity index (χ1n) is 7.71. The van der Waals surface area contributed by atoms with Crippen molar-refractivity contribution in [3.05, 3.63) is 11.9 Å². The summed E-state index contributed by atoms with van der Waals surface area (Å²) < 4.78 is 0. The molecule has 0 aliphatic carbocycles. The summed E-state index contributed by atoms with van der Waals surface area (Å²) in [5.41, 5.74) is 1.21. The van der Waals surface area contributed by atoms with Gasteiger partial charge in [0.25, 0.3) is 0 Å². The predicted octanol–water partition coefficient (Wildman–Crippen LogP) is 2.21. The summed E-state index contributed by atoms with van der Waals surface area (Å²) in [4.78, 5) is 11.3. The molecule has 0 spiro atoms. The van der Waals surface area contributed by atoms with Crippen LogP contribution in [0.4, 0.5) is 11.6 Å². The topological polar surface area (TPSA) is 61.3 Å². The number of rotatable bonds is 6. The molecule has 0 bridgehead atoms. The summed E-state index contributed by atoms with van der Waals surface area (Å²) in [5, 5.41) is 12.5. The Hall–Kier alpha value is -1.36. The Kier molecular flexibility index (Phi) is 5.59. The minimum atomic E-state index is 0.244. The van der Waals surface area contributed by atoms with E-state index < -0.39 is 0 Å². The minimum absolute atomic E-state index is 0.244. The van der Waals surface area contributed by atoms with Crippen LogP contribution in [0.1, 0.15) is 44.6 Å². The number of hydrogen-bond donors (Lipinski definition) is 2. The van der Waals surface area contributed by atoms with Gasteiger partial charge >= 0.3 is 0 Å². The third-order valence-corrected chi connectivity index (χ3v) is 4.02. The monoisotopic (exact) mass is 278 g/mol. The summed E-state index contributed by atoms with van der Waals surface area (Å²) in [6.45, 7) is 3.45. The van der Waals surface area contributed by atoms with E-state index in [1.54, 1.807) is 6.33 Å². The van der Waals surface area contributed by atoms with Crippen molar-refractivity contribution in [2.45, 2.75) is 51.5 Å². The molecule has 0 aromatic carbocycles. The molecule has 1 saturated heterocycles. The maximum Gasteiger partial charge on any atom is 0.137 e. The van der Waals surface area contributed by atoms with E-state index in [9.17, 15) is 5.11 Å². The van der Waals surface area contributed by atoms with Crippen molar-refractivity contribution >= 4 is 11.6 Å². The molecule has 0 saturated carbocycles. The zero-order valence-electron chi connectivity index (χ0n) is 12.6. The summed E-state index contributed by atoms with van der Waals surface area (Å²) in [6.07, 6.45) is 8.11. The van der Waals surface area contributed by atoms with Gasteiger partial charge in [0.1, 0.15) is 18.0 Å². The Balaban J connectivity index is 2.33. The van der Waals surface area contributed by atoms with Gasteiger partial charge in [-0.1, -0.05) is 13.3 Å². The average Bonchev–Trinajstić information content (AvgIpc) is 2.49. The Morgan fingerprint density at radius 2 is 2.25 bits per heavy atom. The van der Waals surface area contributed by atoms with Gasteiger partial charge in [-0.3, -0.25) is 0 Å². The molecule has 5 heteroatoms. The highest BCUT2D eigenvalue weighted by atomic mass is 16.3. The molecule has 0 amide bonds. The van der Waals surface area contributed by atoms with Gasteiger partial charge in [-0.25, -0.2) is 9.97 Å². The molecule has 1 aliphatic rings. The standard InChI is InChI=1S/C15H26N4O/c1-3-6-13-14(16-2)17-11-18-15(13)19-9-5-4-7-12(19)8-10-20/h11-12,20H,3-10H2,1-2H3,(H,16,17,18). The van der Waals surface area contributed by atoms with Gasteiger partial charge in [0.05, 0.1) is 0 Å². The number of nitrogens with zero attached hydrogens (tertiary/aromatic N) is 3. The molecule has 1 aliphatic heterocycles. The molecule has 2 N–H and O–H groups in total. The van der Waals surface area contributed by atoms with E-state index in [2.05, 4.69) is 27.1 Å². The highest BCUT2D eigenvalue weighted by Gasteiger charge is 2.26. The van der Waals surface area contributed by atoms with Crippen LogP contribution in [0.25, 0.3) is 0 Å². The van der Waals surface area contributed by atoms with E-state index >= 15 is 0 Å². The molecule has 2 heterocycles. The van der Waals surface area contributed by atoms with Gasteiger partial charge in [-0.15, -0.1) is 0 Å². The van der Waals surface area contributed by atoms with Crippen molar-refractivity contribution in [3.8, 4) is 0 Å². The highest BCUT2D eigenvalue weighted by molar-refractivity contribution is 5.59. The lowest BCUT2D eigenvalue weighted by Gasteiger charge is -2.37. The van der Waals surface area contributed by atoms with Crippen molar-refractivity contribution < 1.29 is 5.11 Å². The smallest absolute Gasteiger partial charge is 0.137 e. The summed E-state index contributed by atoms with van der Waals surface area (Å²) in [7, 11) is 1.91. The van der Waals surface area contributed by atoms with Gasteiger partial charge in [0, 0.05) is 31.8 Å². The molecule has 1 unspecified atom stereocenters. The lowest BCUT2D eigenvalue weighted by atomic mass is 9.98. The number of piperidine rings is 1. The first-order chi connectivity index (χ1) is 9.81. The molecular formula is C15H26N4O. The summed E-state index contributed by atoms with van der Waals surface area (Å²) in [6, 6.07) is 0.406. The van der Waals surface area contributed by atoms with Crippen LogP contribution < -0.4 is 10.2 Å². The Bertz CT molecular complexity index is 422. The molecule has 2 rings (SSSR count). The van der Waals surface area contributed by atoms with Crippen molar-refractivity contribution in [3.63, 3.8) is 0 Å². The van der Waals surface area contributed by atoms with E-state index in [1.165, 1.54) is 18.4 Å². The zero-order chi connectivity index (χ0) is 14.4. The van der Waals surface area contributed by atoms with Crippen LogP contribution in [0.5, 0.6) is 0 Å². The molecular weight excluding hydrogens is 252 g/mol. The van der Waals surface area contributed by atoms with Crippen LogP contribution in [0, 0.1) is 0 Å². The largest absolute Gasteiger partial charge is 0.396 e. The quantitative estimate of drug-likeness (QED) is 0.835. The van der Waals surface area contributed by atoms with E-state index in [1.807, 2.05) is 7.05 Å². The summed E-state index contributed by atoms with van der Waals surface area (Å²) in [5.74, 6) is 1.99. The van der Waals surface area contributed by atoms with Gasteiger partial charge in [0.15, 0.2) is 0 Å². The molecule has 5 nitrogen and oxygen atoms in total. The third kappa shape index (κ3) is 3.20. The second-order valence-electron chi connectivity index (χ2n) is 5.38. The van der Waals surface area contributed by atoms with Crippen LogP contribution in [0.2, 0.25) is 0 Å². The fraction of sp³-hybridized carbons (Fsp3) is 0.733. The number of aliphatic hydroxyl groups is 1. The van der Waals surface area contributed by atoms with Crippen LogP contribution in [0.15, 0.2) is 6.33 Å². The molecule has 1 aromatic rings. The zero-order valence-corrected chi connectivity index (χ0v) is 12.6. The predicted molar refractivity (Wildman–Crippen MR) is 82.3 cm³/mol. The molecule has 1 atom stereocenters. The fourth-order valence-corrected chi connectivity index (χ4v) is 3.07. The number of aromatic nitrogens is 2. The van der Waals surface area contributed by atoms with Crippen molar-refractivity contribution in [2.24, 2.45) is 0 Å². The minimum Gasteiger partial charge on any atom is -0.396 e. The number of hydrogen-bond acceptors (Lipinski definition) is 5. The van der Waals surface area contributed by atoms with Crippen LogP contribution in [0.3, 0.4) is 0 Å². The molecule has 1 fully saturated rings. The van der Waals surface area contributed by atoms with E-state index in [-0.39, 0.29) is 6.61 Å². The lowest BCUT2D eigenvalue weighted by Crippen LogP contribution is -2.41. The van der Waals surface area contributed by atoms with Gasteiger partial charge in [0.2, 0.25) is 0 Å². The second kappa shape index (κ2) is 7.43.